The maximum Gasteiger partial charge on any atom is 0.169 e. The van der Waals surface area contributed by atoms with Crippen molar-refractivity contribution in [1.82, 2.24) is 0 Å². The number of hydrogen-bond donors (Lipinski definition) is 2. The Kier molecular flexibility index (Phi) is 2.98. The van der Waals surface area contributed by atoms with Gasteiger partial charge >= 0.3 is 0 Å². The van der Waals surface area contributed by atoms with Crippen molar-refractivity contribution in [2.75, 3.05) is 0 Å². The van der Waals surface area contributed by atoms with Crippen LogP contribution in [0, 0.1) is 17.3 Å². The van der Waals surface area contributed by atoms with Crippen molar-refractivity contribution in [2.24, 2.45) is 17.3 Å². The molecule has 0 radical (unpaired) electrons. The van der Waals surface area contributed by atoms with Crippen LogP contribution in [0.5, 0.6) is 0 Å². The van der Waals surface area contributed by atoms with Crippen molar-refractivity contribution in [3.05, 3.63) is 0 Å². The Labute approximate surface area is 108 Å². The van der Waals surface area contributed by atoms with E-state index in [2.05, 4.69) is 0 Å². The summed E-state index contributed by atoms with van der Waals surface area (Å²) in [6.45, 7) is 3.46. The quantitative estimate of drug-likeness (QED) is 0.696. The molecule has 1 spiro atoms. The van der Waals surface area contributed by atoms with Gasteiger partial charge in [-0.1, -0.05) is 25.7 Å². The minimum atomic E-state index is -0.915. The third-order valence-corrected chi connectivity index (χ3v) is 5.13. The van der Waals surface area contributed by atoms with Crippen LogP contribution in [0.15, 0.2) is 0 Å². The molecule has 0 aromatic heterocycles. The van der Waals surface area contributed by atoms with Gasteiger partial charge in [0.1, 0.15) is 0 Å². The standard InChI is InChI=1S/C14H24O4/c1-13(2)17-11(15)14(12(16)18-13)7-9-5-3-4-6-10(9)8-14/h9-12,15-16H,3-8H2,1-2H3. The van der Waals surface area contributed by atoms with Gasteiger partial charge < -0.3 is 19.7 Å². The molecule has 4 nitrogen and oxygen atoms in total. The summed E-state index contributed by atoms with van der Waals surface area (Å²) >= 11 is 0. The van der Waals surface area contributed by atoms with Gasteiger partial charge in [0.25, 0.3) is 0 Å². The first kappa shape index (κ1) is 12.9. The molecule has 4 atom stereocenters. The van der Waals surface area contributed by atoms with Crippen molar-refractivity contribution in [3.8, 4) is 0 Å². The highest BCUT2D eigenvalue weighted by atomic mass is 16.8. The Hall–Kier alpha value is -0.160. The van der Waals surface area contributed by atoms with E-state index in [4.69, 9.17) is 9.47 Å². The monoisotopic (exact) mass is 256 g/mol. The number of rotatable bonds is 0. The van der Waals surface area contributed by atoms with Gasteiger partial charge in [0.2, 0.25) is 0 Å². The smallest absolute Gasteiger partial charge is 0.169 e. The maximum atomic E-state index is 10.4. The Balaban J connectivity index is 1.82. The minimum absolute atomic E-state index is 0.602. The molecule has 3 fully saturated rings. The summed E-state index contributed by atoms with van der Waals surface area (Å²) < 4.78 is 11.1. The highest BCUT2D eigenvalue weighted by Gasteiger charge is 2.59. The van der Waals surface area contributed by atoms with Crippen LogP contribution in [-0.2, 0) is 9.47 Å². The summed E-state index contributed by atoms with van der Waals surface area (Å²) in [5, 5.41) is 20.7. The van der Waals surface area contributed by atoms with Crippen LogP contribution in [0.3, 0.4) is 0 Å². The van der Waals surface area contributed by atoms with Crippen LogP contribution in [0.1, 0.15) is 52.4 Å². The van der Waals surface area contributed by atoms with E-state index in [1.54, 1.807) is 13.8 Å². The van der Waals surface area contributed by atoms with Crippen LogP contribution in [0.2, 0.25) is 0 Å². The average molecular weight is 256 g/mol. The first-order chi connectivity index (χ1) is 8.43. The van der Waals surface area contributed by atoms with Gasteiger partial charge in [-0.05, 0) is 38.5 Å². The number of aliphatic hydroxyl groups excluding tert-OH is 2. The highest BCUT2D eigenvalue weighted by Crippen LogP contribution is 2.57. The normalized spacial score (nSPS) is 51.3. The molecule has 2 aliphatic carbocycles. The molecule has 3 rings (SSSR count). The molecule has 4 unspecified atom stereocenters. The zero-order valence-corrected chi connectivity index (χ0v) is 11.3. The van der Waals surface area contributed by atoms with E-state index in [1.807, 2.05) is 0 Å². The summed E-state index contributed by atoms with van der Waals surface area (Å²) in [6.07, 6.45) is 4.81. The fraction of sp³-hybridized carbons (Fsp3) is 1.00. The number of aliphatic hydroxyl groups is 2. The van der Waals surface area contributed by atoms with E-state index >= 15 is 0 Å². The molecule has 3 aliphatic rings. The van der Waals surface area contributed by atoms with Crippen LogP contribution < -0.4 is 0 Å². The van der Waals surface area contributed by atoms with Gasteiger partial charge in [0.05, 0.1) is 5.41 Å². The Morgan fingerprint density at radius 3 is 1.78 bits per heavy atom. The molecule has 1 saturated heterocycles. The molecule has 2 saturated carbocycles. The zero-order chi connectivity index (χ0) is 13.0. The first-order valence-electron chi connectivity index (χ1n) is 7.15. The predicted octanol–water partition coefficient (Wildman–Crippen LogP) is 1.99. The van der Waals surface area contributed by atoms with E-state index in [-0.39, 0.29) is 0 Å². The van der Waals surface area contributed by atoms with E-state index in [1.165, 1.54) is 25.7 Å². The second-order valence-corrected chi connectivity index (χ2v) is 6.79. The van der Waals surface area contributed by atoms with Gasteiger partial charge in [-0.25, -0.2) is 0 Å². The van der Waals surface area contributed by atoms with Crippen LogP contribution in [0.25, 0.3) is 0 Å². The van der Waals surface area contributed by atoms with Crippen LogP contribution >= 0.6 is 0 Å². The summed E-state index contributed by atoms with van der Waals surface area (Å²) in [6, 6.07) is 0. The number of fused-ring (bicyclic) bond motifs is 1. The molecule has 1 heterocycles. The molecular weight excluding hydrogens is 232 g/mol. The topological polar surface area (TPSA) is 58.9 Å². The van der Waals surface area contributed by atoms with Crippen molar-refractivity contribution < 1.29 is 19.7 Å². The molecule has 1 aliphatic heterocycles. The summed E-state index contributed by atoms with van der Waals surface area (Å²) in [5.41, 5.74) is -0.602. The van der Waals surface area contributed by atoms with E-state index in [9.17, 15) is 10.2 Å². The molecule has 0 amide bonds. The number of hydrogen-bond acceptors (Lipinski definition) is 4. The SMILES string of the molecule is CC1(C)OC(O)C2(CC3CCCCC3C2)C(O)O1. The highest BCUT2D eigenvalue weighted by molar-refractivity contribution is 5.00. The minimum Gasteiger partial charge on any atom is -0.367 e. The zero-order valence-electron chi connectivity index (χ0n) is 11.3. The van der Waals surface area contributed by atoms with Crippen molar-refractivity contribution in [1.29, 1.82) is 0 Å². The Bertz CT molecular complexity index is 298. The molecule has 0 bridgehead atoms. The van der Waals surface area contributed by atoms with Crippen LogP contribution in [0.4, 0.5) is 0 Å². The van der Waals surface area contributed by atoms with Gasteiger partial charge in [-0.15, -0.1) is 0 Å². The van der Waals surface area contributed by atoms with E-state index < -0.39 is 23.8 Å². The molecule has 4 heteroatoms. The van der Waals surface area contributed by atoms with E-state index in [0.717, 1.165) is 12.8 Å². The molecule has 18 heavy (non-hydrogen) atoms. The first-order valence-corrected chi connectivity index (χ1v) is 7.15. The van der Waals surface area contributed by atoms with E-state index in [0.29, 0.717) is 11.8 Å². The van der Waals surface area contributed by atoms with Gasteiger partial charge in [0.15, 0.2) is 18.4 Å². The third kappa shape index (κ3) is 1.90. The lowest BCUT2D eigenvalue weighted by Crippen LogP contribution is -2.57. The third-order valence-electron chi connectivity index (χ3n) is 5.13. The number of ether oxygens (including phenoxy) is 2. The van der Waals surface area contributed by atoms with Crippen molar-refractivity contribution >= 4 is 0 Å². The largest absolute Gasteiger partial charge is 0.367 e. The predicted molar refractivity (Wildman–Crippen MR) is 65.4 cm³/mol. The molecular formula is C14H24O4. The lowest BCUT2D eigenvalue weighted by molar-refractivity contribution is -0.428. The fourth-order valence-corrected chi connectivity index (χ4v) is 4.21. The van der Waals surface area contributed by atoms with Gasteiger partial charge in [-0.2, -0.15) is 0 Å². The second kappa shape index (κ2) is 4.17. The van der Waals surface area contributed by atoms with Crippen molar-refractivity contribution in [2.45, 2.75) is 70.7 Å². The summed E-state index contributed by atoms with van der Waals surface area (Å²) in [7, 11) is 0. The maximum absolute atomic E-state index is 10.4. The van der Waals surface area contributed by atoms with Gasteiger partial charge in [-0.3, -0.25) is 0 Å². The molecule has 0 aromatic carbocycles. The summed E-state index contributed by atoms with van der Waals surface area (Å²) in [4.78, 5) is 0. The summed E-state index contributed by atoms with van der Waals surface area (Å²) in [5.74, 6) is 0.339. The Morgan fingerprint density at radius 1 is 0.889 bits per heavy atom. The lowest BCUT2D eigenvalue weighted by atomic mass is 9.82. The molecule has 104 valence electrons. The fourth-order valence-electron chi connectivity index (χ4n) is 4.21. The molecule has 2 N–H and O–H groups in total. The van der Waals surface area contributed by atoms with Gasteiger partial charge in [0, 0.05) is 0 Å². The average Bonchev–Trinajstić information content (AvgIpc) is 2.66. The van der Waals surface area contributed by atoms with Crippen LogP contribution in [-0.4, -0.2) is 28.6 Å². The molecule has 0 aromatic rings. The second-order valence-electron chi connectivity index (χ2n) is 6.79. The van der Waals surface area contributed by atoms with Crippen molar-refractivity contribution in [3.63, 3.8) is 0 Å². The lowest BCUT2D eigenvalue weighted by Gasteiger charge is -2.48. The Morgan fingerprint density at radius 2 is 1.33 bits per heavy atom.